The molecule has 1 saturated heterocycles. The summed E-state index contributed by atoms with van der Waals surface area (Å²) < 4.78 is 22.6. The standard InChI is InChI=1S/C14H18N2O4S/c1-2-10-5-3-4-6-12(10)16-14(18)13(17)15-11-7-8-21(19,20)9-11/h3-6,11H,2,7-9H2,1H3,(H,15,17)(H,16,18). The van der Waals surface area contributed by atoms with Gasteiger partial charge in [0.25, 0.3) is 0 Å². The molecule has 1 aliphatic heterocycles. The molecule has 7 heteroatoms. The van der Waals surface area contributed by atoms with E-state index in [1.54, 1.807) is 12.1 Å². The number of hydrogen-bond acceptors (Lipinski definition) is 4. The van der Waals surface area contributed by atoms with Crippen LogP contribution in [0, 0.1) is 0 Å². The van der Waals surface area contributed by atoms with Gasteiger partial charge in [-0.1, -0.05) is 25.1 Å². The van der Waals surface area contributed by atoms with Crippen molar-refractivity contribution < 1.29 is 18.0 Å². The van der Waals surface area contributed by atoms with Gasteiger partial charge in [-0.25, -0.2) is 8.42 Å². The van der Waals surface area contributed by atoms with Gasteiger partial charge in [-0.2, -0.15) is 0 Å². The van der Waals surface area contributed by atoms with E-state index in [0.717, 1.165) is 12.0 Å². The molecule has 1 unspecified atom stereocenters. The summed E-state index contributed by atoms with van der Waals surface area (Å²) in [5.74, 6) is -1.63. The lowest BCUT2D eigenvalue weighted by molar-refractivity contribution is -0.136. The molecule has 0 aromatic heterocycles. The van der Waals surface area contributed by atoms with Crippen LogP contribution in [0.3, 0.4) is 0 Å². The Morgan fingerprint density at radius 1 is 1.24 bits per heavy atom. The Kier molecular flexibility index (Phi) is 4.62. The van der Waals surface area contributed by atoms with Gasteiger partial charge in [-0.05, 0) is 24.5 Å². The molecule has 6 nitrogen and oxygen atoms in total. The summed E-state index contributed by atoms with van der Waals surface area (Å²) in [6.45, 7) is 1.95. The summed E-state index contributed by atoms with van der Waals surface area (Å²) in [7, 11) is -3.08. The van der Waals surface area contributed by atoms with Gasteiger partial charge < -0.3 is 10.6 Å². The van der Waals surface area contributed by atoms with Gasteiger partial charge in [0.15, 0.2) is 9.84 Å². The fourth-order valence-electron chi connectivity index (χ4n) is 2.29. The molecule has 1 fully saturated rings. The summed E-state index contributed by atoms with van der Waals surface area (Å²) >= 11 is 0. The van der Waals surface area contributed by atoms with Crippen LogP contribution in [0.15, 0.2) is 24.3 Å². The molecule has 2 amide bonds. The molecule has 0 saturated carbocycles. The van der Waals surface area contributed by atoms with Crippen LogP contribution in [0.4, 0.5) is 5.69 Å². The smallest absolute Gasteiger partial charge is 0.313 e. The number of anilines is 1. The van der Waals surface area contributed by atoms with E-state index in [1.807, 2.05) is 19.1 Å². The Labute approximate surface area is 123 Å². The summed E-state index contributed by atoms with van der Waals surface area (Å²) in [5, 5.41) is 5.02. The summed E-state index contributed by atoms with van der Waals surface area (Å²) in [6.07, 6.45) is 1.09. The molecule has 21 heavy (non-hydrogen) atoms. The van der Waals surface area contributed by atoms with Crippen molar-refractivity contribution in [3.8, 4) is 0 Å². The minimum absolute atomic E-state index is 0.0538. The van der Waals surface area contributed by atoms with Crippen molar-refractivity contribution in [3.63, 3.8) is 0 Å². The largest absolute Gasteiger partial charge is 0.344 e. The van der Waals surface area contributed by atoms with Gasteiger partial charge >= 0.3 is 11.8 Å². The maximum Gasteiger partial charge on any atom is 0.313 e. The maximum absolute atomic E-state index is 11.9. The minimum Gasteiger partial charge on any atom is -0.344 e. The number of nitrogens with one attached hydrogen (secondary N) is 2. The second-order valence-electron chi connectivity index (χ2n) is 5.04. The second-order valence-corrected chi connectivity index (χ2v) is 7.27. The van der Waals surface area contributed by atoms with Gasteiger partial charge in [0, 0.05) is 11.7 Å². The molecule has 2 N–H and O–H groups in total. The molecular formula is C14H18N2O4S. The number of carbonyl (C=O) groups excluding carboxylic acids is 2. The Balaban J connectivity index is 1.96. The number of sulfone groups is 1. The number of hydrogen-bond donors (Lipinski definition) is 2. The molecule has 114 valence electrons. The zero-order valence-electron chi connectivity index (χ0n) is 11.8. The molecule has 1 aromatic carbocycles. The Morgan fingerprint density at radius 3 is 2.57 bits per heavy atom. The van der Waals surface area contributed by atoms with Crippen molar-refractivity contribution in [2.45, 2.75) is 25.8 Å². The molecule has 1 aliphatic rings. The van der Waals surface area contributed by atoms with Crippen LogP contribution in [0.25, 0.3) is 0 Å². The first kappa shape index (κ1) is 15.5. The Hall–Kier alpha value is -1.89. The third-order valence-corrected chi connectivity index (χ3v) is 5.19. The van der Waals surface area contributed by atoms with E-state index >= 15 is 0 Å². The number of benzene rings is 1. The van der Waals surface area contributed by atoms with E-state index in [4.69, 9.17) is 0 Å². The Bertz CT molecular complexity index is 655. The molecule has 2 rings (SSSR count). The van der Waals surface area contributed by atoms with E-state index < -0.39 is 27.7 Å². The van der Waals surface area contributed by atoms with Crippen LogP contribution in [0.5, 0.6) is 0 Å². The van der Waals surface area contributed by atoms with Gasteiger partial charge in [-0.3, -0.25) is 9.59 Å². The molecule has 0 spiro atoms. The zero-order chi connectivity index (χ0) is 15.5. The fourth-order valence-corrected chi connectivity index (χ4v) is 3.96. The number of amides is 2. The number of rotatable bonds is 3. The van der Waals surface area contributed by atoms with Crippen LogP contribution in [0.2, 0.25) is 0 Å². The summed E-state index contributed by atoms with van der Waals surface area (Å²) in [6, 6.07) is 6.75. The average molecular weight is 310 g/mol. The lowest BCUT2D eigenvalue weighted by Gasteiger charge is -2.12. The highest BCUT2D eigenvalue weighted by atomic mass is 32.2. The van der Waals surface area contributed by atoms with Crippen molar-refractivity contribution in [1.82, 2.24) is 5.32 Å². The topological polar surface area (TPSA) is 92.3 Å². The average Bonchev–Trinajstić information content (AvgIpc) is 2.78. The number of para-hydroxylation sites is 1. The normalized spacial score (nSPS) is 20.0. The van der Waals surface area contributed by atoms with Crippen molar-refractivity contribution in [2.24, 2.45) is 0 Å². The predicted molar refractivity (Wildman–Crippen MR) is 79.7 cm³/mol. The SMILES string of the molecule is CCc1ccccc1NC(=O)C(=O)NC1CCS(=O)(=O)C1. The first-order valence-corrected chi connectivity index (χ1v) is 8.63. The molecule has 0 aliphatic carbocycles. The highest BCUT2D eigenvalue weighted by Gasteiger charge is 2.30. The Morgan fingerprint density at radius 2 is 1.95 bits per heavy atom. The van der Waals surface area contributed by atoms with Gasteiger partial charge in [0.1, 0.15) is 0 Å². The highest BCUT2D eigenvalue weighted by Crippen LogP contribution is 2.15. The second kappa shape index (κ2) is 6.26. The van der Waals surface area contributed by atoms with Gasteiger partial charge in [-0.15, -0.1) is 0 Å². The maximum atomic E-state index is 11.9. The molecule has 0 radical (unpaired) electrons. The molecule has 1 heterocycles. The lowest BCUT2D eigenvalue weighted by atomic mass is 10.1. The molecule has 1 atom stereocenters. The predicted octanol–water partition coefficient (Wildman–Crippen LogP) is 0.491. The van der Waals surface area contributed by atoms with Crippen LogP contribution in [-0.2, 0) is 25.8 Å². The van der Waals surface area contributed by atoms with E-state index in [9.17, 15) is 18.0 Å². The van der Waals surface area contributed by atoms with Gasteiger partial charge in [0.05, 0.1) is 11.5 Å². The highest BCUT2D eigenvalue weighted by molar-refractivity contribution is 7.91. The number of aryl methyl sites for hydroxylation is 1. The quantitative estimate of drug-likeness (QED) is 0.795. The molecule has 0 bridgehead atoms. The minimum atomic E-state index is -3.08. The monoisotopic (exact) mass is 310 g/mol. The van der Waals surface area contributed by atoms with Crippen LogP contribution in [-0.4, -0.2) is 37.8 Å². The van der Waals surface area contributed by atoms with Crippen LogP contribution in [0.1, 0.15) is 18.9 Å². The third kappa shape index (κ3) is 4.04. The van der Waals surface area contributed by atoms with E-state index in [-0.39, 0.29) is 11.5 Å². The zero-order valence-corrected chi connectivity index (χ0v) is 12.6. The van der Waals surface area contributed by atoms with E-state index in [1.165, 1.54) is 0 Å². The van der Waals surface area contributed by atoms with E-state index in [0.29, 0.717) is 12.1 Å². The van der Waals surface area contributed by atoms with Gasteiger partial charge in [0.2, 0.25) is 0 Å². The first-order valence-electron chi connectivity index (χ1n) is 6.81. The summed E-state index contributed by atoms with van der Waals surface area (Å²) in [5.41, 5.74) is 1.53. The van der Waals surface area contributed by atoms with Crippen LogP contribution < -0.4 is 10.6 Å². The summed E-state index contributed by atoms with van der Waals surface area (Å²) in [4.78, 5) is 23.7. The molecular weight excluding hydrogens is 292 g/mol. The van der Waals surface area contributed by atoms with Crippen molar-refractivity contribution in [2.75, 3.05) is 16.8 Å². The van der Waals surface area contributed by atoms with Crippen molar-refractivity contribution >= 4 is 27.3 Å². The van der Waals surface area contributed by atoms with Crippen LogP contribution >= 0.6 is 0 Å². The third-order valence-electron chi connectivity index (χ3n) is 3.42. The van der Waals surface area contributed by atoms with Crippen molar-refractivity contribution in [1.29, 1.82) is 0 Å². The van der Waals surface area contributed by atoms with Crippen molar-refractivity contribution in [3.05, 3.63) is 29.8 Å². The lowest BCUT2D eigenvalue weighted by Crippen LogP contribution is -2.42. The molecule has 1 aromatic rings. The number of carbonyl (C=O) groups is 2. The fraction of sp³-hybridized carbons (Fsp3) is 0.429. The first-order chi connectivity index (χ1) is 9.91. The van der Waals surface area contributed by atoms with E-state index in [2.05, 4.69) is 10.6 Å².